The van der Waals surface area contributed by atoms with Gasteiger partial charge in [0.1, 0.15) is 18.1 Å². The second-order valence-corrected chi connectivity index (χ2v) is 9.33. The first-order valence-corrected chi connectivity index (χ1v) is 11.8. The van der Waals surface area contributed by atoms with E-state index in [9.17, 15) is 27.6 Å². The van der Waals surface area contributed by atoms with Gasteiger partial charge in [-0.1, -0.05) is 44.2 Å². The lowest BCUT2D eigenvalue weighted by Gasteiger charge is -2.13. The number of nitrogens with zero attached hydrogens (tertiary/aromatic N) is 1. The van der Waals surface area contributed by atoms with Crippen LogP contribution in [0.25, 0.3) is 17.4 Å². The molecule has 0 atom stereocenters. The lowest BCUT2D eigenvalue weighted by molar-refractivity contribution is -0.137. The number of hydrogen-bond donors (Lipinski definition) is 1. The van der Waals surface area contributed by atoms with Crippen molar-refractivity contribution >= 4 is 40.6 Å². The van der Waals surface area contributed by atoms with E-state index in [2.05, 4.69) is 5.32 Å². The van der Waals surface area contributed by atoms with Gasteiger partial charge in [-0.25, -0.2) is 0 Å². The third-order valence-electron chi connectivity index (χ3n) is 5.43. The minimum absolute atomic E-state index is 0.000840. The standard InChI is InChI=1S/C26H21F3N2O4S/c1-15(2)16-7-9-17(10-8-16)30-23(32)14-31-24(33)22(36-25(31)34)13-18-11-12-21(35-18)19-5-3-4-6-20(19)26(27,28)29/h3-13,15H,14H2,1-2H3,(H,30,32)/b22-13+. The van der Waals surface area contributed by atoms with Crippen molar-refractivity contribution in [1.82, 2.24) is 4.90 Å². The zero-order chi connectivity index (χ0) is 26.0. The van der Waals surface area contributed by atoms with Gasteiger partial charge in [-0.15, -0.1) is 0 Å². The van der Waals surface area contributed by atoms with Crippen LogP contribution < -0.4 is 5.32 Å². The van der Waals surface area contributed by atoms with Gasteiger partial charge in [0.15, 0.2) is 0 Å². The molecule has 0 unspecified atom stereocenters. The summed E-state index contributed by atoms with van der Waals surface area (Å²) in [6.45, 7) is 3.62. The predicted octanol–water partition coefficient (Wildman–Crippen LogP) is 6.76. The molecule has 1 saturated heterocycles. The third-order valence-corrected chi connectivity index (χ3v) is 6.34. The summed E-state index contributed by atoms with van der Waals surface area (Å²) in [4.78, 5) is 38.3. The molecule has 36 heavy (non-hydrogen) atoms. The summed E-state index contributed by atoms with van der Waals surface area (Å²) in [5.74, 6) is -0.830. The predicted molar refractivity (Wildman–Crippen MR) is 131 cm³/mol. The maximum atomic E-state index is 13.3. The number of halogens is 3. The Hall–Kier alpha value is -3.79. The summed E-state index contributed by atoms with van der Waals surface area (Å²) in [6, 6.07) is 15.0. The van der Waals surface area contributed by atoms with Gasteiger partial charge >= 0.3 is 6.18 Å². The highest BCUT2D eigenvalue weighted by Crippen LogP contribution is 2.38. The van der Waals surface area contributed by atoms with E-state index < -0.39 is 35.3 Å². The number of alkyl halides is 3. The van der Waals surface area contributed by atoms with Crippen LogP contribution in [-0.4, -0.2) is 28.5 Å². The van der Waals surface area contributed by atoms with E-state index in [4.69, 9.17) is 4.42 Å². The van der Waals surface area contributed by atoms with Crippen molar-refractivity contribution in [2.45, 2.75) is 25.9 Å². The van der Waals surface area contributed by atoms with Crippen LogP contribution >= 0.6 is 11.8 Å². The molecule has 2 heterocycles. The fourth-order valence-corrected chi connectivity index (χ4v) is 4.40. The largest absolute Gasteiger partial charge is 0.457 e. The van der Waals surface area contributed by atoms with E-state index in [1.165, 1.54) is 36.4 Å². The fraction of sp³-hybridized carbons (Fsp3) is 0.192. The van der Waals surface area contributed by atoms with Crippen LogP contribution in [0.2, 0.25) is 0 Å². The van der Waals surface area contributed by atoms with Gasteiger partial charge < -0.3 is 9.73 Å². The molecule has 10 heteroatoms. The monoisotopic (exact) mass is 514 g/mol. The average molecular weight is 515 g/mol. The van der Waals surface area contributed by atoms with Gasteiger partial charge in [0, 0.05) is 17.3 Å². The van der Waals surface area contributed by atoms with Gasteiger partial charge in [0.2, 0.25) is 5.91 Å². The molecule has 1 aromatic heterocycles. The molecule has 3 aromatic rings. The molecule has 4 rings (SSSR count). The van der Waals surface area contributed by atoms with Crippen molar-refractivity contribution in [2.24, 2.45) is 0 Å². The molecule has 0 aliphatic carbocycles. The van der Waals surface area contributed by atoms with Crippen molar-refractivity contribution < 1.29 is 32.0 Å². The molecular formula is C26H21F3N2O4S. The molecule has 1 fully saturated rings. The number of hydrogen-bond acceptors (Lipinski definition) is 5. The Morgan fingerprint density at radius 3 is 2.42 bits per heavy atom. The topological polar surface area (TPSA) is 79.6 Å². The minimum Gasteiger partial charge on any atom is -0.457 e. The molecule has 0 bridgehead atoms. The first-order chi connectivity index (χ1) is 17.0. The Labute approximate surface area is 209 Å². The lowest BCUT2D eigenvalue weighted by atomic mass is 10.0. The minimum atomic E-state index is -4.57. The van der Waals surface area contributed by atoms with Crippen LogP contribution in [0.1, 0.15) is 36.7 Å². The molecule has 1 N–H and O–H groups in total. The van der Waals surface area contributed by atoms with Gasteiger partial charge in [-0.05, 0) is 53.6 Å². The second-order valence-electron chi connectivity index (χ2n) is 8.34. The highest BCUT2D eigenvalue weighted by Gasteiger charge is 2.37. The van der Waals surface area contributed by atoms with Gasteiger partial charge in [0.25, 0.3) is 11.1 Å². The number of benzene rings is 2. The molecule has 6 nitrogen and oxygen atoms in total. The zero-order valence-electron chi connectivity index (χ0n) is 19.3. The van der Waals surface area contributed by atoms with E-state index in [0.717, 1.165) is 16.5 Å². The molecule has 0 radical (unpaired) electrons. The molecule has 186 valence electrons. The van der Waals surface area contributed by atoms with Crippen LogP contribution in [0.5, 0.6) is 0 Å². The molecule has 1 aliphatic heterocycles. The van der Waals surface area contributed by atoms with Crippen molar-refractivity contribution in [3.63, 3.8) is 0 Å². The number of carbonyl (C=O) groups excluding carboxylic acids is 3. The SMILES string of the molecule is CC(C)c1ccc(NC(=O)CN2C(=O)S/C(=C/c3ccc(-c4ccccc4C(F)(F)F)o3)C2=O)cc1. The van der Waals surface area contributed by atoms with Crippen LogP contribution in [0, 0.1) is 0 Å². The molecule has 3 amide bonds. The van der Waals surface area contributed by atoms with Crippen LogP contribution in [0.15, 0.2) is 70.0 Å². The first kappa shape index (κ1) is 25.3. The normalized spacial score (nSPS) is 15.3. The van der Waals surface area contributed by atoms with Crippen LogP contribution in [-0.2, 0) is 15.8 Å². The van der Waals surface area contributed by atoms with Gasteiger partial charge in [-0.3, -0.25) is 19.3 Å². The van der Waals surface area contributed by atoms with E-state index >= 15 is 0 Å². The summed E-state index contributed by atoms with van der Waals surface area (Å²) in [7, 11) is 0. The maximum absolute atomic E-state index is 13.3. The van der Waals surface area contributed by atoms with Gasteiger partial charge in [-0.2, -0.15) is 13.2 Å². The van der Waals surface area contributed by atoms with E-state index in [0.29, 0.717) is 23.4 Å². The third kappa shape index (κ3) is 5.54. The number of nitrogens with one attached hydrogen (secondary N) is 1. The Bertz CT molecular complexity index is 1340. The Kier molecular flexibility index (Phi) is 7.07. The van der Waals surface area contributed by atoms with Crippen molar-refractivity contribution in [2.75, 3.05) is 11.9 Å². The van der Waals surface area contributed by atoms with E-state index in [-0.39, 0.29) is 22.0 Å². The number of carbonyl (C=O) groups is 3. The summed E-state index contributed by atoms with van der Waals surface area (Å²) in [5.41, 5.74) is 0.646. The number of anilines is 1. The molecule has 1 aliphatic rings. The van der Waals surface area contributed by atoms with Crippen molar-refractivity contribution in [3.8, 4) is 11.3 Å². The number of imide groups is 1. The number of furan rings is 1. The summed E-state index contributed by atoms with van der Waals surface area (Å²) in [5, 5.41) is 2.02. The van der Waals surface area contributed by atoms with E-state index in [1.54, 1.807) is 12.1 Å². The molecule has 0 saturated carbocycles. The molecule has 2 aromatic carbocycles. The van der Waals surface area contributed by atoms with Crippen molar-refractivity contribution in [1.29, 1.82) is 0 Å². The number of thioether (sulfide) groups is 1. The summed E-state index contributed by atoms with van der Waals surface area (Å²) >= 11 is 0.621. The Morgan fingerprint density at radius 2 is 1.75 bits per heavy atom. The van der Waals surface area contributed by atoms with Crippen LogP contribution in [0.3, 0.4) is 0 Å². The first-order valence-electron chi connectivity index (χ1n) is 10.9. The average Bonchev–Trinajstić information content (AvgIpc) is 3.39. The van der Waals surface area contributed by atoms with E-state index in [1.807, 2.05) is 26.0 Å². The highest BCUT2D eigenvalue weighted by atomic mass is 32.2. The number of amides is 3. The second kappa shape index (κ2) is 10.1. The molecular weight excluding hydrogens is 493 g/mol. The highest BCUT2D eigenvalue weighted by molar-refractivity contribution is 8.18. The Balaban J connectivity index is 1.46. The number of rotatable bonds is 6. The summed E-state index contributed by atoms with van der Waals surface area (Å²) in [6.07, 6.45) is -3.30. The van der Waals surface area contributed by atoms with Gasteiger partial charge in [0.05, 0.1) is 10.5 Å². The fourth-order valence-electron chi connectivity index (χ4n) is 3.58. The van der Waals surface area contributed by atoms with Crippen LogP contribution in [0.4, 0.5) is 23.7 Å². The lowest BCUT2D eigenvalue weighted by Crippen LogP contribution is -2.36. The summed E-state index contributed by atoms with van der Waals surface area (Å²) < 4.78 is 45.5. The molecule has 0 spiro atoms. The smallest absolute Gasteiger partial charge is 0.417 e. The zero-order valence-corrected chi connectivity index (χ0v) is 20.1. The Morgan fingerprint density at radius 1 is 1.06 bits per heavy atom. The maximum Gasteiger partial charge on any atom is 0.417 e. The quantitative estimate of drug-likeness (QED) is 0.368. The van der Waals surface area contributed by atoms with Crippen molar-refractivity contribution in [3.05, 3.63) is 82.5 Å².